The van der Waals surface area contributed by atoms with Crippen molar-refractivity contribution in [2.24, 2.45) is 5.73 Å². The van der Waals surface area contributed by atoms with Gasteiger partial charge in [-0.25, -0.2) is 0 Å². The first-order valence-corrected chi connectivity index (χ1v) is 5.60. The van der Waals surface area contributed by atoms with Crippen molar-refractivity contribution in [2.75, 3.05) is 0 Å². The first kappa shape index (κ1) is 11.4. The van der Waals surface area contributed by atoms with Gasteiger partial charge in [0.05, 0.1) is 0 Å². The zero-order valence-corrected chi connectivity index (χ0v) is 10.1. The third-order valence-electron chi connectivity index (χ3n) is 2.90. The highest BCUT2D eigenvalue weighted by Gasteiger charge is 2.03. The van der Waals surface area contributed by atoms with Gasteiger partial charge in [0.25, 0.3) is 0 Å². The lowest BCUT2D eigenvalue weighted by Gasteiger charge is -2.08. The number of aryl methyl sites for hydroxylation is 2. The van der Waals surface area contributed by atoms with E-state index in [0.29, 0.717) is 0 Å². The van der Waals surface area contributed by atoms with Crippen LogP contribution in [0.2, 0.25) is 0 Å². The van der Waals surface area contributed by atoms with Gasteiger partial charge in [-0.2, -0.15) is 0 Å². The Balaban J connectivity index is 2.46. The molecule has 0 spiro atoms. The number of hydrogen-bond donors (Lipinski definition) is 2. The maximum Gasteiger partial charge on any atom is 0.122 e. The van der Waals surface area contributed by atoms with Crippen LogP contribution in [0.1, 0.15) is 16.7 Å². The van der Waals surface area contributed by atoms with Crippen molar-refractivity contribution in [3.8, 4) is 11.1 Å². The number of hydrogen-bond acceptors (Lipinski definition) is 1. The summed E-state index contributed by atoms with van der Waals surface area (Å²) in [6.07, 6.45) is 0. The molecule has 0 radical (unpaired) electrons. The minimum Gasteiger partial charge on any atom is -0.384 e. The normalized spacial score (nSPS) is 10.2. The number of nitrogens with one attached hydrogen (secondary N) is 1. The van der Waals surface area contributed by atoms with E-state index in [1.807, 2.05) is 24.3 Å². The van der Waals surface area contributed by atoms with E-state index in [9.17, 15) is 0 Å². The molecule has 2 aromatic carbocycles. The maximum atomic E-state index is 7.36. The molecule has 0 heterocycles. The van der Waals surface area contributed by atoms with Crippen LogP contribution in [0.3, 0.4) is 0 Å². The van der Waals surface area contributed by atoms with Crippen LogP contribution in [-0.2, 0) is 0 Å². The van der Waals surface area contributed by atoms with Crippen molar-refractivity contribution in [3.63, 3.8) is 0 Å². The van der Waals surface area contributed by atoms with Crippen LogP contribution in [0.25, 0.3) is 11.1 Å². The van der Waals surface area contributed by atoms with Gasteiger partial charge in [-0.3, -0.25) is 5.41 Å². The molecule has 17 heavy (non-hydrogen) atoms. The summed E-state index contributed by atoms with van der Waals surface area (Å²) in [4.78, 5) is 0. The van der Waals surface area contributed by atoms with E-state index in [2.05, 4.69) is 32.0 Å². The average Bonchev–Trinajstić information content (AvgIpc) is 2.32. The fourth-order valence-corrected chi connectivity index (χ4v) is 1.88. The molecule has 0 saturated carbocycles. The molecule has 2 heteroatoms. The van der Waals surface area contributed by atoms with E-state index in [1.54, 1.807) is 0 Å². The zero-order chi connectivity index (χ0) is 12.4. The molecule has 0 aliphatic rings. The molecule has 0 saturated heterocycles. The standard InChI is InChI=1S/C15H16N2/c1-10-3-4-11(2)14(9-10)12-5-7-13(8-6-12)15(16)17/h3-9H,1-2H3,(H3,16,17). The maximum absolute atomic E-state index is 7.36. The highest BCUT2D eigenvalue weighted by atomic mass is 14.7. The molecule has 0 unspecified atom stereocenters. The molecule has 0 bridgehead atoms. The molecule has 0 atom stereocenters. The van der Waals surface area contributed by atoms with Gasteiger partial charge in [-0.15, -0.1) is 0 Å². The molecule has 3 N–H and O–H groups in total. The van der Waals surface area contributed by atoms with Crippen molar-refractivity contribution in [1.29, 1.82) is 5.41 Å². The second-order valence-electron chi connectivity index (χ2n) is 4.31. The Hall–Kier alpha value is -2.09. The van der Waals surface area contributed by atoms with Crippen LogP contribution >= 0.6 is 0 Å². The van der Waals surface area contributed by atoms with Crippen LogP contribution in [0.5, 0.6) is 0 Å². The fourth-order valence-electron chi connectivity index (χ4n) is 1.88. The second kappa shape index (κ2) is 4.42. The third-order valence-corrected chi connectivity index (χ3v) is 2.90. The van der Waals surface area contributed by atoms with Crippen LogP contribution < -0.4 is 5.73 Å². The van der Waals surface area contributed by atoms with Crippen LogP contribution in [0.15, 0.2) is 42.5 Å². The van der Waals surface area contributed by atoms with Gasteiger partial charge >= 0.3 is 0 Å². The van der Waals surface area contributed by atoms with Crippen LogP contribution in [0.4, 0.5) is 0 Å². The van der Waals surface area contributed by atoms with Gasteiger partial charge in [-0.1, -0.05) is 48.0 Å². The summed E-state index contributed by atoms with van der Waals surface area (Å²) >= 11 is 0. The molecule has 0 aromatic heterocycles. The highest BCUT2D eigenvalue weighted by Crippen LogP contribution is 2.24. The smallest absolute Gasteiger partial charge is 0.122 e. The van der Waals surface area contributed by atoms with Crippen LogP contribution in [-0.4, -0.2) is 5.84 Å². The van der Waals surface area contributed by atoms with E-state index in [4.69, 9.17) is 11.1 Å². The fraction of sp³-hybridized carbons (Fsp3) is 0.133. The summed E-state index contributed by atoms with van der Waals surface area (Å²) in [6, 6.07) is 14.2. The number of benzene rings is 2. The molecule has 0 aliphatic carbocycles. The Morgan fingerprint density at radius 1 is 1.00 bits per heavy atom. The van der Waals surface area contributed by atoms with Gasteiger partial charge in [0.1, 0.15) is 5.84 Å². The van der Waals surface area contributed by atoms with Crippen molar-refractivity contribution in [2.45, 2.75) is 13.8 Å². The van der Waals surface area contributed by atoms with Crippen molar-refractivity contribution < 1.29 is 0 Å². The van der Waals surface area contributed by atoms with E-state index >= 15 is 0 Å². The minimum absolute atomic E-state index is 0.109. The van der Waals surface area contributed by atoms with E-state index in [0.717, 1.165) is 11.1 Å². The first-order valence-electron chi connectivity index (χ1n) is 5.60. The summed E-state index contributed by atoms with van der Waals surface area (Å²) in [5.74, 6) is 0.109. The Kier molecular flexibility index (Phi) is 2.96. The summed E-state index contributed by atoms with van der Waals surface area (Å²) in [7, 11) is 0. The largest absolute Gasteiger partial charge is 0.384 e. The Morgan fingerprint density at radius 2 is 1.65 bits per heavy atom. The van der Waals surface area contributed by atoms with E-state index in [-0.39, 0.29) is 5.84 Å². The molecular formula is C15H16N2. The average molecular weight is 224 g/mol. The molecule has 0 aliphatic heterocycles. The van der Waals surface area contributed by atoms with Gasteiger partial charge in [0.15, 0.2) is 0 Å². The van der Waals surface area contributed by atoms with E-state index < -0.39 is 0 Å². The van der Waals surface area contributed by atoms with Crippen molar-refractivity contribution in [3.05, 3.63) is 59.2 Å². The van der Waals surface area contributed by atoms with Gasteiger partial charge in [0, 0.05) is 5.56 Å². The lowest BCUT2D eigenvalue weighted by molar-refractivity contribution is 1.38. The second-order valence-corrected chi connectivity index (χ2v) is 4.31. The highest BCUT2D eigenvalue weighted by molar-refractivity contribution is 5.95. The van der Waals surface area contributed by atoms with Crippen LogP contribution in [0, 0.1) is 19.3 Å². The third kappa shape index (κ3) is 2.36. The molecule has 2 nitrogen and oxygen atoms in total. The molecule has 86 valence electrons. The van der Waals surface area contributed by atoms with Crippen molar-refractivity contribution >= 4 is 5.84 Å². The Morgan fingerprint density at radius 3 is 2.24 bits per heavy atom. The molecule has 0 amide bonds. The topological polar surface area (TPSA) is 49.9 Å². The number of nitrogens with two attached hydrogens (primary N) is 1. The lowest BCUT2D eigenvalue weighted by Crippen LogP contribution is -2.10. The molecule has 0 fully saturated rings. The quantitative estimate of drug-likeness (QED) is 0.597. The summed E-state index contributed by atoms with van der Waals surface area (Å²) in [5.41, 5.74) is 11.1. The molecule has 2 aromatic rings. The lowest BCUT2D eigenvalue weighted by atomic mass is 9.97. The zero-order valence-electron chi connectivity index (χ0n) is 10.1. The minimum atomic E-state index is 0.109. The van der Waals surface area contributed by atoms with Gasteiger partial charge in [-0.05, 0) is 30.5 Å². The number of amidine groups is 1. The summed E-state index contributed by atoms with van der Waals surface area (Å²) in [5, 5.41) is 7.36. The summed E-state index contributed by atoms with van der Waals surface area (Å²) in [6.45, 7) is 4.19. The summed E-state index contributed by atoms with van der Waals surface area (Å²) < 4.78 is 0. The van der Waals surface area contributed by atoms with Crippen molar-refractivity contribution in [1.82, 2.24) is 0 Å². The van der Waals surface area contributed by atoms with Gasteiger partial charge < -0.3 is 5.73 Å². The predicted octanol–water partition coefficient (Wildman–Crippen LogP) is 3.25. The monoisotopic (exact) mass is 224 g/mol. The molecular weight excluding hydrogens is 208 g/mol. The SMILES string of the molecule is Cc1ccc(C)c(-c2ccc(C(=N)N)cc2)c1. The Bertz CT molecular complexity index is 554. The number of nitrogen functional groups attached to an aromatic ring is 1. The first-order chi connectivity index (χ1) is 8.08. The predicted molar refractivity (Wildman–Crippen MR) is 72.4 cm³/mol. The Labute approximate surface area is 102 Å². The number of rotatable bonds is 2. The molecule has 2 rings (SSSR count). The van der Waals surface area contributed by atoms with Gasteiger partial charge in [0.2, 0.25) is 0 Å². The van der Waals surface area contributed by atoms with E-state index in [1.165, 1.54) is 16.7 Å².